The topological polar surface area (TPSA) is 112 Å². The highest BCUT2D eigenvalue weighted by atomic mass is 35.5. The van der Waals surface area contributed by atoms with E-state index in [-0.39, 0.29) is 41.5 Å². The van der Waals surface area contributed by atoms with E-state index in [9.17, 15) is 23.2 Å². The van der Waals surface area contributed by atoms with Gasteiger partial charge in [-0.25, -0.2) is 13.6 Å². The van der Waals surface area contributed by atoms with Crippen molar-refractivity contribution in [2.24, 2.45) is 0 Å². The molecule has 2 aromatic carbocycles. The van der Waals surface area contributed by atoms with E-state index < -0.39 is 29.7 Å². The minimum Gasteiger partial charge on any atom is -0.465 e. The van der Waals surface area contributed by atoms with E-state index in [1.54, 1.807) is 35.4 Å². The third-order valence-electron chi connectivity index (χ3n) is 7.05. The van der Waals surface area contributed by atoms with Gasteiger partial charge in [0.05, 0.1) is 28.0 Å². The Morgan fingerprint density at radius 2 is 1.93 bits per heavy atom. The van der Waals surface area contributed by atoms with E-state index in [0.29, 0.717) is 41.9 Å². The van der Waals surface area contributed by atoms with E-state index in [2.05, 4.69) is 15.6 Å². The number of anilines is 2. The van der Waals surface area contributed by atoms with Crippen LogP contribution >= 0.6 is 11.6 Å². The third kappa shape index (κ3) is 5.67. The second kappa shape index (κ2) is 11.4. The van der Waals surface area contributed by atoms with Crippen molar-refractivity contribution in [1.29, 1.82) is 0 Å². The van der Waals surface area contributed by atoms with Gasteiger partial charge in [0.2, 0.25) is 11.8 Å². The van der Waals surface area contributed by atoms with Crippen LogP contribution < -0.4 is 10.6 Å². The van der Waals surface area contributed by atoms with Crippen molar-refractivity contribution in [2.75, 3.05) is 17.2 Å². The monoisotopic (exact) mass is 566 g/mol. The van der Waals surface area contributed by atoms with Crippen molar-refractivity contribution in [3.63, 3.8) is 0 Å². The quantitative estimate of drug-likeness (QED) is 0.308. The van der Waals surface area contributed by atoms with Crippen molar-refractivity contribution in [3.05, 3.63) is 82.7 Å². The normalized spacial score (nSPS) is 17.6. The number of halogens is 3. The maximum atomic E-state index is 14.6. The fourth-order valence-electron chi connectivity index (χ4n) is 5.18. The molecule has 0 unspecified atom stereocenters. The minimum absolute atomic E-state index is 0.215. The van der Waals surface area contributed by atoms with Crippen molar-refractivity contribution in [2.45, 2.75) is 38.1 Å². The molecule has 0 saturated carbocycles. The highest BCUT2D eigenvalue weighted by Crippen LogP contribution is 2.37. The van der Waals surface area contributed by atoms with Gasteiger partial charge in [-0.15, -0.1) is 0 Å². The number of carbonyl (C=O) groups is 3. The first-order valence-electron chi connectivity index (χ1n) is 12.8. The number of rotatable bonds is 3. The Labute approximate surface area is 233 Å². The van der Waals surface area contributed by atoms with Gasteiger partial charge < -0.3 is 15.3 Å². The summed E-state index contributed by atoms with van der Waals surface area (Å²) >= 11 is 5.86. The summed E-state index contributed by atoms with van der Waals surface area (Å²) in [6.07, 6.45) is 3.80. The number of hydrogen-bond acceptors (Lipinski definition) is 4. The molecule has 3 aromatic rings. The Hall–Kier alpha value is -4.31. The average molecular weight is 567 g/mol. The largest absolute Gasteiger partial charge is 0.465 e. The molecule has 2 aliphatic heterocycles. The van der Waals surface area contributed by atoms with Gasteiger partial charge in [-0.05, 0) is 66.8 Å². The van der Waals surface area contributed by atoms with Gasteiger partial charge in [0, 0.05) is 36.5 Å². The van der Waals surface area contributed by atoms with Crippen LogP contribution in [0.3, 0.4) is 0 Å². The lowest BCUT2D eigenvalue weighted by Gasteiger charge is -2.34. The number of fused-ring (bicyclic) bond motifs is 4. The van der Waals surface area contributed by atoms with Crippen LogP contribution in [-0.4, -0.2) is 39.4 Å². The van der Waals surface area contributed by atoms with Crippen molar-refractivity contribution < 1.29 is 28.3 Å². The number of pyridine rings is 1. The molecule has 3 N–H and O–H groups in total. The molecule has 8 nitrogen and oxygen atoms in total. The van der Waals surface area contributed by atoms with E-state index in [0.717, 1.165) is 17.7 Å². The maximum absolute atomic E-state index is 14.6. The molecule has 3 heterocycles. The van der Waals surface area contributed by atoms with Crippen LogP contribution in [0.2, 0.25) is 5.02 Å². The first-order valence-corrected chi connectivity index (χ1v) is 13.1. The van der Waals surface area contributed by atoms with Crippen LogP contribution in [0.25, 0.3) is 16.7 Å². The van der Waals surface area contributed by atoms with Crippen LogP contribution in [0.1, 0.15) is 49.4 Å². The number of carbonyl (C=O) groups excluding carboxylic acids is 2. The maximum Gasteiger partial charge on any atom is 0.409 e. The Bertz CT molecular complexity index is 1540. The minimum atomic E-state index is -1.22. The molecule has 2 aliphatic rings. The highest BCUT2D eigenvalue weighted by Gasteiger charge is 2.31. The number of amides is 3. The van der Waals surface area contributed by atoms with Crippen LogP contribution in [0.5, 0.6) is 0 Å². The lowest BCUT2D eigenvalue weighted by atomic mass is 9.94. The Kier molecular flexibility index (Phi) is 7.79. The number of nitrogens with zero attached hydrogens (tertiary/aromatic N) is 2. The number of nitrogens with one attached hydrogen (secondary N) is 2. The third-order valence-corrected chi connectivity index (χ3v) is 7.35. The fraction of sp³-hybridized carbons (Fsp3) is 0.241. The number of aromatic nitrogens is 1. The summed E-state index contributed by atoms with van der Waals surface area (Å²) in [6.45, 7) is 0.216. The molecule has 5 rings (SSSR count). The Balaban J connectivity index is 1.51. The Morgan fingerprint density at radius 1 is 1.10 bits per heavy atom. The van der Waals surface area contributed by atoms with Crippen molar-refractivity contribution in [3.8, 4) is 11.1 Å². The number of carboxylic acid groups (broad SMARTS) is 1. The first kappa shape index (κ1) is 27.3. The van der Waals surface area contributed by atoms with E-state index in [1.165, 1.54) is 6.08 Å². The van der Waals surface area contributed by atoms with Gasteiger partial charge in [0.25, 0.3) is 0 Å². The molecular weight excluding hydrogens is 542 g/mol. The van der Waals surface area contributed by atoms with E-state index in [1.807, 2.05) is 6.07 Å². The first-order chi connectivity index (χ1) is 19.2. The van der Waals surface area contributed by atoms with Crippen molar-refractivity contribution in [1.82, 2.24) is 9.88 Å². The zero-order chi connectivity index (χ0) is 28.4. The van der Waals surface area contributed by atoms with Crippen molar-refractivity contribution >= 4 is 46.5 Å². The molecule has 3 amide bonds. The van der Waals surface area contributed by atoms with Crippen LogP contribution in [0.15, 0.2) is 54.7 Å². The van der Waals surface area contributed by atoms with Gasteiger partial charge in [0.1, 0.15) is 5.82 Å². The molecule has 11 heteroatoms. The molecule has 1 atom stereocenters. The molecule has 0 aliphatic carbocycles. The second-order valence-corrected chi connectivity index (χ2v) is 10.0. The molecule has 0 spiro atoms. The summed E-state index contributed by atoms with van der Waals surface area (Å²) in [5.41, 5.74) is 2.71. The van der Waals surface area contributed by atoms with Gasteiger partial charge in [-0.3, -0.25) is 19.9 Å². The second-order valence-electron chi connectivity index (χ2n) is 9.64. The van der Waals surface area contributed by atoms with Gasteiger partial charge in [0.15, 0.2) is 5.82 Å². The standard InChI is InChI=1S/C29H25ClF2N4O4/c30-20-7-8-21(31)27(28(20)32)17-10-12-36(26(38)14-17)24-3-1-2-4-25(37)35-22-15-18(34-29(39)40)5-6-19(22)16-9-11-33-23(24)13-16/h5-9,11,13-15,24,34H,1-4,10,12H2,(H,35,37)(H,39,40)/t24-/m0/s1. The molecule has 2 bridgehead atoms. The molecule has 0 radical (unpaired) electrons. The molecule has 0 fully saturated rings. The lowest BCUT2D eigenvalue weighted by molar-refractivity contribution is -0.129. The average Bonchev–Trinajstić information content (AvgIpc) is 2.91. The van der Waals surface area contributed by atoms with E-state index in [4.69, 9.17) is 16.7 Å². The lowest BCUT2D eigenvalue weighted by Crippen LogP contribution is -2.38. The summed E-state index contributed by atoms with van der Waals surface area (Å²) < 4.78 is 29.1. The predicted octanol–water partition coefficient (Wildman–Crippen LogP) is 6.64. The van der Waals surface area contributed by atoms with Crippen LogP contribution in [-0.2, 0) is 9.59 Å². The van der Waals surface area contributed by atoms with Gasteiger partial charge in [-0.2, -0.15) is 0 Å². The number of benzene rings is 2. The SMILES string of the molecule is O=C(O)Nc1ccc2c(c1)NC(=O)CCCC[C@H](N1CCC(c3c(F)ccc(Cl)c3F)=CC1=O)c1cc-2ccn1. The van der Waals surface area contributed by atoms with Crippen LogP contribution in [0, 0.1) is 11.6 Å². The summed E-state index contributed by atoms with van der Waals surface area (Å²) in [6, 6.07) is 10.2. The molecule has 206 valence electrons. The number of hydrogen-bond donors (Lipinski definition) is 3. The summed E-state index contributed by atoms with van der Waals surface area (Å²) in [5.74, 6) is -2.29. The van der Waals surface area contributed by atoms with Crippen LogP contribution in [0.4, 0.5) is 25.0 Å². The molecule has 0 saturated heterocycles. The molecular formula is C29H25ClF2N4O4. The summed E-state index contributed by atoms with van der Waals surface area (Å²) in [5, 5.41) is 14.0. The predicted molar refractivity (Wildman–Crippen MR) is 147 cm³/mol. The molecule has 1 aromatic heterocycles. The van der Waals surface area contributed by atoms with Gasteiger partial charge >= 0.3 is 6.09 Å². The summed E-state index contributed by atoms with van der Waals surface area (Å²) in [7, 11) is 0. The Morgan fingerprint density at radius 3 is 2.70 bits per heavy atom. The fourth-order valence-corrected chi connectivity index (χ4v) is 5.34. The zero-order valence-corrected chi connectivity index (χ0v) is 22.0. The smallest absolute Gasteiger partial charge is 0.409 e. The zero-order valence-electron chi connectivity index (χ0n) is 21.2. The van der Waals surface area contributed by atoms with E-state index >= 15 is 0 Å². The summed E-state index contributed by atoms with van der Waals surface area (Å²) in [4.78, 5) is 43.4. The molecule has 40 heavy (non-hydrogen) atoms. The van der Waals surface area contributed by atoms with Gasteiger partial charge in [-0.1, -0.05) is 24.1 Å². The highest BCUT2D eigenvalue weighted by molar-refractivity contribution is 6.31.